The summed E-state index contributed by atoms with van der Waals surface area (Å²) in [5.74, 6) is 1.76. The lowest BCUT2D eigenvalue weighted by Gasteiger charge is -2.33. The molecule has 1 saturated heterocycles. The van der Waals surface area contributed by atoms with Gasteiger partial charge in [-0.1, -0.05) is 12.8 Å². The van der Waals surface area contributed by atoms with E-state index in [9.17, 15) is 4.79 Å². The maximum absolute atomic E-state index is 12.3. The number of fused-ring (bicyclic) bond motifs is 1. The fourth-order valence-electron chi connectivity index (χ4n) is 4.26. The molecule has 1 N–H and O–H groups in total. The number of amides is 1. The Labute approximate surface area is 161 Å². The number of rotatable bonds is 4. The molecule has 1 aliphatic heterocycles. The van der Waals surface area contributed by atoms with Crippen molar-refractivity contribution in [3.63, 3.8) is 0 Å². The monoisotopic (exact) mass is 420 g/mol. The quantitative estimate of drug-likeness (QED) is 0.822. The summed E-state index contributed by atoms with van der Waals surface area (Å²) >= 11 is 3.53. The summed E-state index contributed by atoms with van der Waals surface area (Å²) in [5.41, 5.74) is 0.828. The van der Waals surface area contributed by atoms with Gasteiger partial charge in [0, 0.05) is 32.6 Å². The van der Waals surface area contributed by atoms with Gasteiger partial charge in [0.2, 0.25) is 5.91 Å². The first-order valence-electron chi connectivity index (χ1n) is 9.49. The van der Waals surface area contributed by atoms with Crippen molar-refractivity contribution < 1.29 is 4.79 Å². The van der Waals surface area contributed by atoms with Gasteiger partial charge in [-0.05, 0) is 47.5 Å². The minimum absolute atomic E-state index is 0.231. The molecule has 0 spiro atoms. The lowest BCUT2D eigenvalue weighted by atomic mass is 10.0. The van der Waals surface area contributed by atoms with E-state index in [1.54, 1.807) is 11.0 Å². The van der Waals surface area contributed by atoms with Crippen LogP contribution in [0.15, 0.2) is 10.9 Å². The third kappa shape index (κ3) is 3.56. The first-order valence-corrected chi connectivity index (χ1v) is 10.3. The van der Waals surface area contributed by atoms with E-state index < -0.39 is 0 Å². The molecular formula is C18H25BrN6O. The molecule has 0 unspecified atom stereocenters. The van der Waals surface area contributed by atoms with Crippen LogP contribution < -0.4 is 10.2 Å². The molecule has 1 aliphatic carbocycles. The van der Waals surface area contributed by atoms with Crippen molar-refractivity contribution in [2.45, 2.75) is 51.0 Å². The molecule has 140 valence electrons. The molecule has 2 aromatic rings. The SMILES string of the molecule is Cn1nc(Br)c2c(N3CCC(NC(=O)CC4CCCC4)CC3)ncnc21. The number of anilines is 1. The van der Waals surface area contributed by atoms with E-state index in [0.29, 0.717) is 12.3 Å². The predicted molar refractivity (Wildman–Crippen MR) is 104 cm³/mol. The van der Waals surface area contributed by atoms with E-state index in [2.05, 4.69) is 41.2 Å². The summed E-state index contributed by atoms with van der Waals surface area (Å²) in [6, 6.07) is 0.273. The number of carbonyl (C=O) groups is 1. The van der Waals surface area contributed by atoms with Crippen LogP contribution in [-0.2, 0) is 11.8 Å². The van der Waals surface area contributed by atoms with Crippen LogP contribution in [0.1, 0.15) is 44.9 Å². The third-order valence-electron chi connectivity index (χ3n) is 5.67. The van der Waals surface area contributed by atoms with Crippen molar-refractivity contribution in [3.8, 4) is 0 Å². The van der Waals surface area contributed by atoms with E-state index >= 15 is 0 Å². The molecule has 7 nitrogen and oxygen atoms in total. The Hall–Kier alpha value is -1.70. The normalized spacial score (nSPS) is 19.4. The molecule has 1 saturated carbocycles. The Balaban J connectivity index is 1.37. The zero-order valence-electron chi connectivity index (χ0n) is 15.1. The van der Waals surface area contributed by atoms with Gasteiger partial charge in [0.25, 0.3) is 0 Å². The molecule has 1 amide bonds. The van der Waals surface area contributed by atoms with Gasteiger partial charge in [0.05, 0.1) is 5.39 Å². The lowest BCUT2D eigenvalue weighted by Crippen LogP contribution is -2.45. The molecule has 26 heavy (non-hydrogen) atoms. The van der Waals surface area contributed by atoms with Crippen LogP contribution in [0.4, 0.5) is 5.82 Å². The molecule has 2 aromatic heterocycles. The maximum atomic E-state index is 12.3. The van der Waals surface area contributed by atoms with Gasteiger partial charge in [0.1, 0.15) is 16.7 Å². The first-order chi connectivity index (χ1) is 12.6. The zero-order chi connectivity index (χ0) is 18.1. The van der Waals surface area contributed by atoms with Gasteiger partial charge >= 0.3 is 0 Å². The fourth-order valence-corrected chi connectivity index (χ4v) is 4.86. The molecular weight excluding hydrogens is 396 g/mol. The Morgan fingerprint density at radius 2 is 1.96 bits per heavy atom. The fraction of sp³-hybridized carbons (Fsp3) is 0.667. The molecule has 2 aliphatic rings. The lowest BCUT2D eigenvalue weighted by molar-refractivity contribution is -0.122. The highest BCUT2D eigenvalue weighted by Crippen LogP contribution is 2.31. The van der Waals surface area contributed by atoms with Crippen LogP contribution in [0.3, 0.4) is 0 Å². The Morgan fingerprint density at radius 3 is 2.69 bits per heavy atom. The first kappa shape index (κ1) is 17.7. The Kier molecular flexibility index (Phi) is 5.11. The second-order valence-corrected chi connectivity index (χ2v) is 8.24. The predicted octanol–water partition coefficient (Wildman–Crippen LogP) is 2.79. The number of aromatic nitrogens is 4. The Morgan fingerprint density at radius 1 is 1.23 bits per heavy atom. The molecule has 8 heteroatoms. The molecule has 2 fully saturated rings. The minimum Gasteiger partial charge on any atom is -0.356 e. The number of nitrogens with one attached hydrogen (secondary N) is 1. The van der Waals surface area contributed by atoms with E-state index in [1.165, 1.54) is 25.7 Å². The topological polar surface area (TPSA) is 75.9 Å². The second kappa shape index (κ2) is 7.50. The van der Waals surface area contributed by atoms with Crippen LogP contribution >= 0.6 is 15.9 Å². The van der Waals surface area contributed by atoms with E-state index in [0.717, 1.165) is 47.4 Å². The van der Waals surface area contributed by atoms with Crippen LogP contribution in [-0.4, -0.2) is 44.8 Å². The number of piperidine rings is 1. The molecule has 0 atom stereocenters. The smallest absolute Gasteiger partial charge is 0.220 e. The summed E-state index contributed by atoms with van der Waals surface area (Å²) in [4.78, 5) is 23.4. The average molecular weight is 421 g/mol. The number of carbonyl (C=O) groups excluding carboxylic acids is 1. The van der Waals surface area contributed by atoms with E-state index in [1.807, 2.05) is 7.05 Å². The van der Waals surface area contributed by atoms with Crippen molar-refractivity contribution in [2.75, 3.05) is 18.0 Å². The van der Waals surface area contributed by atoms with Gasteiger partial charge in [-0.25, -0.2) is 14.6 Å². The van der Waals surface area contributed by atoms with Gasteiger partial charge < -0.3 is 10.2 Å². The molecule has 4 rings (SSSR count). The summed E-state index contributed by atoms with van der Waals surface area (Å²) in [6.45, 7) is 1.75. The molecule has 0 radical (unpaired) electrons. The summed E-state index contributed by atoms with van der Waals surface area (Å²) < 4.78 is 2.54. The highest BCUT2D eigenvalue weighted by atomic mass is 79.9. The number of hydrogen-bond acceptors (Lipinski definition) is 5. The Bertz CT molecular complexity index is 792. The zero-order valence-corrected chi connectivity index (χ0v) is 16.7. The number of halogens is 1. The highest BCUT2D eigenvalue weighted by Gasteiger charge is 2.26. The molecule has 0 bridgehead atoms. The van der Waals surface area contributed by atoms with Crippen molar-refractivity contribution in [1.29, 1.82) is 0 Å². The molecule has 3 heterocycles. The van der Waals surface area contributed by atoms with E-state index in [4.69, 9.17) is 0 Å². The highest BCUT2D eigenvalue weighted by molar-refractivity contribution is 9.10. The van der Waals surface area contributed by atoms with E-state index in [-0.39, 0.29) is 11.9 Å². The van der Waals surface area contributed by atoms with Gasteiger partial charge in [-0.3, -0.25) is 4.79 Å². The van der Waals surface area contributed by atoms with Crippen LogP contribution in [0.2, 0.25) is 0 Å². The summed E-state index contributed by atoms with van der Waals surface area (Å²) in [7, 11) is 1.88. The number of nitrogens with zero attached hydrogens (tertiary/aromatic N) is 5. The summed E-state index contributed by atoms with van der Waals surface area (Å²) in [6.07, 6.45) is 9.20. The largest absolute Gasteiger partial charge is 0.356 e. The van der Waals surface area contributed by atoms with Crippen LogP contribution in [0, 0.1) is 5.92 Å². The number of aryl methyl sites for hydroxylation is 1. The second-order valence-electron chi connectivity index (χ2n) is 7.49. The average Bonchev–Trinajstić information content (AvgIpc) is 3.24. The minimum atomic E-state index is 0.231. The van der Waals surface area contributed by atoms with Crippen molar-refractivity contribution in [1.82, 2.24) is 25.1 Å². The van der Waals surface area contributed by atoms with Gasteiger partial charge in [0.15, 0.2) is 5.65 Å². The number of hydrogen-bond donors (Lipinski definition) is 1. The van der Waals surface area contributed by atoms with Crippen LogP contribution in [0.5, 0.6) is 0 Å². The standard InChI is InChI=1S/C18H25BrN6O/c1-24-17-15(16(19)23-24)18(21-11-20-17)25-8-6-13(7-9-25)22-14(26)10-12-4-2-3-5-12/h11-13H,2-10H2,1H3,(H,22,26). The van der Waals surface area contributed by atoms with Gasteiger partial charge in [-0.2, -0.15) is 5.10 Å². The summed E-state index contributed by atoms with van der Waals surface area (Å²) in [5, 5.41) is 8.60. The van der Waals surface area contributed by atoms with Crippen molar-refractivity contribution in [3.05, 3.63) is 10.9 Å². The van der Waals surface area contributed by atoms with Crippen LogP contribution in [0.25, 0.3) is 11.0 Å². The molecule has 0 aromatic carbocycles. The third-order valence-corrected chi connectivity index (χ3v) is 6.22. The maximum Gasteiger partial charge on any atom is 0.220 e. The van der Waals surface area contributed by atoms with Gasteiger partial charge in [-0.15, -0.1) is 0 Å². The van der Waals surface area contributed by atoms with Crippen molar-refractivity contribution >= 4 is 38.7 Å². The van der Waals surface area contributed by atoms with Crippen molar-refractivity contribution in [2.24, 2.45) is 13.0 Å².